The zero-order chi connectivity index (χ0) is 21.7. The molecule has 1 saturated heterocycles. The fraction of sp³-hybridized carbons (Fsp3) is 0.478. The fourth-order valence-electron chi connectivity index (χ4n) is 5.22. The van der Waals surface area contributed by atoms with E-state index in [1.165, 1.54) is 22.9 Å². The third-order valence-electron chi connectivity index (χ3n) is 7.00. The maximum absolute atomic E-state index is 14.2. The van der Waals surface area contributed by atoms with Gasteiger partial charge in [-0.1, -0.05) is 12.2 Å². The lowest BCUT2D eigenvalue weighted by atomic mass is 9.93. The monoisotopic (exact) mass is 423 g/mol. The average Bonchev–Trinajstić information content (AvgIpc) is 3.28. The maximum Gasteiger partial charge on any atom is 0.255 e. The highest BCUT2D eigenvalue weighted by molar-refractivity contribution is 5.80. The number of halogens is 1. The van der Waals surface area contributed by atoms with Gasteiger partial charge in [0.2, 0.25) is 11.9 Å². The molecule has 0 aromatic carbocycles. The van der Waals surface area contributed by atoms with E-state index in [9.17, 15) is 14.0 Å². The van der Waals surface area contributed by atoms with E-state index in [4.69, 9.17) is 0 Å². The highest BCUT2D eigenvalue weighted by Gasteiger charge is 2.59. The fourth-order valence-corrected chi connectivity index (χ4v) is 5.22. The number of carbonyl (C=O) groups excluding carboxylic acids is 1. The third-order valence-corrected chi connectivity index (χ3v) is 7.00. The molecule has 3 aliphatic rings. The molecule has 2 aliphatic carbocycles. The van der Waals surface area contributed by atoms with E-state index >= 15 is 0 Å². The molecule has 5 rings (SSSR count). The second kappa shape index (κ2) is 7.59. The van der Waals surface area contributed by atoms with E-state index in [1.807, 2.05) is 16.8 Å². The third kappa shape index (κ3) is 3.43. The summed E-state index contributed by atoms with van der Waals surface area (Å²) >= 11 is 0. The first kappa shape index (κ1) is 19.9. The van der Waals surface area contributed by atoms with Crippen LogP contribution in [0.2, 0.25) is 0 Å². The summed E-state index contributed by atoms with van der Waals surface area (Å²) in [6.07, 6.45) is 9.64. The zero-order valence-corrected chi connectivity index (χ0v) is 17.7. The van der Waals surface area contributed by atoms with E-state index in [1.54, 1.807) is 7.05 Å². The van der Waals surface area contributed by atoms with Crippen LogP contribution in [-0.4, -0.2) is 51.5 Å². The minimum Gasteiger partial charge on any atom is -0.342 e. The number of carbonyl (C=O) groups is 1. The Morgan fingerprint density at radius 2 is 2.03 bits per heavy atom. The molecule has 31 heavy (non-hydrogen) atoms. The Hall–Kier alpha value is -3.03. The van der Waals surface area contributed by atoms with Gasteiger partial charge in [-0.15, -0.1) is 0 Å². The Labute approximate surface area is 180 Å². The van der Waals surface area contributed by atoms with Crippen molar-refractivity contribution < 1.29 is 9.18 Å². The number of amides is 1. The lowest BCUT2D eigenvalue weighted by Gasteiger charge is -2.29. The van der Waals surface area contributed by atoms with Crippen molar-refractivity contribution in [2.45, 2.75) is 25.3 Å². The van der Waals surface area contributed by atoms with Crippen molar-refractivity contribution in [3.8, 4) is 11.3 Å². The van der Waals surface area contributed by atoms with Crippen LogP contribution >= 0.6 is 0 Å². The predicted octanol–water partition coefficient (Wildman–Crippen LogP) is 2.23. The van der Waals surface area contributed by atoms with Crippen molar-refractivity contribution in [1.82, 2.24) is 19.4 Å². The van der Waals surface area contributed by atoms with E-state index in [0.29, 0.717) is 23.5 Å². The van der Waals surface area contributed by atoms with Gasteiger partial charge < -0.3 is 9.80 Å². The molecule has 1 saturated carbocycles. The number of hydrogen-bond acceptors (Lipinski definition) is 5. The Kier molecular flexibility index (Phi) is 4.87. The van der Waals surface area contributed by atoms with E-state index in [-0.39, 0.29) is 29.0 Å². The molecule has 8 heteroatoms. The second-order valence-electron chi connectivity index (χ2n) is 8.85. The molecule has 2 unspecified atom stereocenters. The van der Waals surface area contributed by atoms with Crippen LogP contribution in [0.4, 0.5) is 10.3 Å². The molecule has 3 heterocycles. The minimum atomic E-state index is -0.508. The van der Waals surface area contributed by atoms with Gasteiger partial charge in [0, 0.05) is 68.8 Å². The predicted molar refractivity (Wildman–Crippen MR) is 115 cm³/mol. The number of hydrogen-bond donors (Lipinski definition) is 0. The molecule has 2 aromatic heterocycles. The normalized spacial score (nSPS) is 26.6. The highest BCUT2D eigenvalue weighted by Crippen LogP contribution is 2.49. The van der Waals surface area contributed by atoms with Gasteiger partial charge >= 0.3 is 0 Å². The number of rotatable bonds is 4. The molecule has 0 spiro atoms. The highest BCUT2D eigenvalue weighted by atomic mass is 19.1. The van der Waals surface area contributed by atoms with Gasteiger partial charge in [-0.25, -0.2) is 9.37 Å². The standard InChI is InChI=1S/C23H26FN5O2/c1-27-20(30)10-19(15-8-9-25-11-18(15)24)26-23(27)28(2)21-16-12-29(13-17(16)21)22(31)14-6-4-3-5-7-14/h3-4,8-11,14,16-17,21H,5-7,12-13H2,1-2H3/t14?,16-,17+,21?. The molecule has 1 amide bonds. The number of nitrogens with zero attached hydrogens (tertiary/aromatic N) is 5. The Bertz CT molecular complexity index is 1100. The zero-order valence-electron chi connectivity index (χ0n) is 17.7. The van der Waals surface area contributed by atoms with Gasteiger partial charge in [-0.2, -0.15) is 0 Å². The molecular weight excluding hydrogens is 397 g/mol. The molecule has 2 aromatic rings. The van der Waals surface area contributed by atoms with Gasteiger partial charge in [0.25, 0.3) is 5.56 Å². The lowest BCUT2D eigenvalue weighted by molar-refractivity contribution is -0.135. The summed E-state index contributed by atoms with van der Waals surface area (Å²) < 4.78 is 15.7. The van der Waals surface area contributed by atoms with Crippen LogP contribution < -0.4 is 10.5 Å². The Morgan fingerprint density at radius 1 is 1.26 bits per heavy atom. The molecule has 7 nitrogen and oxygen atoms in total. The summed E-state index contributed by atoms with van der Waals surface area (Å²) in [6.45, 7) is 1.51. The summed E-state index contributed by atoms with van der Waals surface area (Å²) in [6, 6.07) is 3.10. The number of likely N-dealkylation sites (tertiary alicyclic amines) is 1. The smallest absolute Gasteiger partial charge is 0.255 e. The quantitative estimate of drug-likeness (QED) is 0.706. The van der Waals surface area contributed by atoms with Crippen LogP contribution in [0, 0.1) is 23.6 Å². The van der Waals surface area contributed by atoms with Gasteiger partial charge in [-0.3, -0.25) is 19.1 Å². The second-order valence-corrected chi connectivity index (χ2v) is 8.85. The summed E-state index contributed by atoms with van der Waals surface area (Å²) in [5.41, 5.74) is 0.325. The van der Waals surface area contributed by atoms with Crippen LogP contribution in [0.5, 0.6) is 0 Å². The van der Waals surface area contributed by atoms with Gasteiger partial charge in [0.05, 0.1) is 11.9 Å². The topological polar surface area (TPSA) is 71.3 Å². The molecule has 2 fully saturated rings. The molecule has 0 N–H and O–H groups in total. The number of piperidine rings is 1. The summed E-state index contributed by atoms with van der Waals surface area (Å²) in [5, 5.41) is 0. The van der Waals surface area contributed by atoms with Gasteiger partial charge in [0.15, 0.2) is 5.82 Å². The van der Waals surface area contributed by atoms with Crippen LogP contribution in [0.3, 0.4) is 0 Å². The van der Waals surface area contributed by atoms with Crippen molar-refractivity contribution >= 4 is 11.9 Å². The van der Waals surface area contributed by atoms with Crippen molar-refractivity contribution in [1.29, 1.82) is 0 Å². The van der Waals surface area contributed by atoms with Crippen LogP contribution in [-0.2, 0) is 11.8 Å². The molecular formula is C23H26FN5O2. The van der Waals surface area contributed by atoms with Crippen molar-refractivity contribution in [3.05, 3.63) is 52.8 Å². The number of pyridine rings is 1. The van der Waals surface area contributed by atoms with E-state index < -0.39 is 5.82 Å². The van der Waals surface area contributed by atoms with Gasteiger partial charge in [0.1, 0.15) is 0 Å². The largest absolute Gasteiger partial charge is 0.342 e. The molecule has 1 aliphatic heterocycles. The van der Waals surface area contributed by atoms with Crippen LogP contribution in [0.1, 0.15) is 19.3 Å². The van der Waals surface area contributed by atoms with Crippen LogP contribution in [0.25, 0.3) is 11.3 Å². The first-order chi connectivity index (χ1) is 15.0. The summed E-state index contributed by atoms with van der Waals surface area (Å²) in [4.78, 5) is 37.8. The average molecular weight is 423 g/mol. The van der Waals surface area contributed by atoms with E-state index in [0.717, 1.165) is 38.5 Å². The van der Waals surface area contributed by atoms with Crippen molar-refractivity contribution in [2.75, 3.05) is 25.0 Å². The molecule has 162 valence electrons. The summed E-state index contributed by atoms with van der Waals surface area (Å²) in [7, 11) is 3.61. The first-order valence-corrected chi connectivity index (χ1v) is 10.8. The lowest BCUT2D eigenvalue weighted by Crippen LogP contribution is -2.40. The number of anilines is 1. The van der Waals surface area contributed by atoms with Crippen molar-refractivity contribution in [3.63, 3.8) is 0 Å². The van der Waals surface area contributed by atoms with E-state index in [2.05, 4.69) is 22.1 Å². The van der Waals surface area contributed by atoms with Gasteiger partial charge in [-0.05, 0) is 25.3 Å². The Morgan fingerprint density at radius 3 is 2.71 bits per heavy atom. The maximum atomic E-state index is 14.2. The Balaban J connectivity index is 1.33. The number of allylic oxidation sites excluding steroid dienone is 2. The molecule has 0 bridgehead atoms. The molecule has 4 atom stereocenters. The minimum absolute atomic E-state index is 0.119. The number of fused-ring (bicyclic) bond motifs is 1. The SMILES string of the molecule is CN(c1nc(-c2ccncc2F)cc(=O)n1C)C1[C@H]2CN(C(=O)C3CC=CCC3)C[C@@H]12. The molecule has 0 radical (unpaired) electrons. The summed E-state index contributed by atoms with van der Waals surface area (Å²) in [5.74, 6) is 1.16. The van der Waals surface area contributed by atoms with Crippen molar-refractivity contribution in [2.24, 2.45) is 24.8 Å². The number of aromatic nitrogens is 3. The first-order valence-electron chi connectivity index (χ1n) is 10.8. The van der Waals surface area contributed by atoms with Crippen LogP contribution in [0.15, 0.2) is 41.5 Å².